The molecule has 140 valence electrons. The molecule has 0 saturated carbocycles. The highest BCUT2D eigenvalue weighted by Crippen LogP contribution is 2.41. The SMILES string of the molecule is Cc1cc(N2C(=O)C(=O)/C(=C(/O)c3ccccc3)[C@@H]2c2ccc(F)cc2)no1. The molecular weight excluding hydrogens is 363 g/mol. The van der Waals surface area contributed by atoms with Gasteiger partial charge in [0.2, 0.25) is 0 Å². The van der Waals surface area contributed by atoms with Crippen molar-refractivity contribution in [2.45, 2.75) is 13.0 Å². The lowest BCUT2D eigenvalue weighted by atomic mass is 9.95. The van der Waals surface area contributed by atoms with Gasteiger partial charge in [0.25, 0.3) is 5.78 Å². The second-order valence-electron chi connectivity index (χ2n) is 6.38. The number of hydrogen-bond acceptors (Lipinski definition) is 5. The number of carbonyl (C=O) groups is 2. The van der Waals surface area contributed by atoms with Crippen molar-refractivity contribution in [1.29, 1.82) is 0 Å². The molecule has 7 heteroatoms. The molecule has 1 fully saturated rings. The third kappa shape index (κ3) is 2.87. The summed E-state index contributed by atoms with van der Waals surface area (Å²) in [5.74, 6) is -1.87. The molecule has 1 aliphatic rings. The highest BCUT2D eigenvalue weighted by atomic mass is 19.1. The summed E-state index contributed by atoms with van der Waals surface area (Å²) in [7, 11) is 0. The van der Waals surface area contributed by atoms with Crippen LogP contribution in [-0.2, 0) is 9.59 Å². The zero-order valence-corrected chi connectivity index (χ0v) is 14.8. The van der Waals surface area contributed by atoms with Crippen LogP contribution in [0.4, 0.5) is 10.2 Å². The van der Waals surface area contributed by atoms with E-state index < -0.39 is 23.5 Å². The molecule has 3 aromatic rings. The summed E-state index contributed by atoms with van der Waals surface area (Å²) in [4.78, 5) is 26.8. The van der Waals surface area contributed by atoms with Crippen molar-refractivity contribution in [1.82, 2.24) is 5.16 Å². The predicted molar refractivity (Wildman–Crippen MR) is 98.9 cm³/mol. The molecule has 0 radical (unpaired) electrons. The van der Waals surface area contributed by atoms with Crippen molar-refractivity contribution >= 4 is 23.3 Å². The highest BCUT2D eigenvalue weighted by Gasteiger charge is 2.48. The van der Waals surface area contributed by atoms with E-state index in [4.69, 9.17) is 4.52 Å². The number of halogens is 1. The molecule has 0 aliphatic carbocycles. The zero-order valence-electron chi connectivity index (χ0n) is 14.8. The lowest BCUT2D eigenvalue weighted by molar-refractivity contribution is -0.132. The topological polar surface area (TPSA) is 83.6 Å². The minimum Gasteiger partial charge on any atom is -0.507 e. The van der Waals surface area contributed by atoms with Crippen molar-refractivity contribution in [3.05, 3.63) is 88.9 Å². The zero-order chi connectivity index (χ0) is 19.8. The maximum Gasteiger partial charge on any atom is 0.301 e. The molecule has 1 saturated heterocycles. The van der Waals surface area contributed by atoms with Gasteiger partial charge in [0.1, 0.15) is 17.3 Å². The van der Waals surface area contributed by atoms with Gasteiger partial charge in [0, 0.05) is 11.6 Å². The molecule has 1 atom stereocenters. The number of carbonyl (C=O) groups excluding carboxylic acids is 2. The number of ketones is 1. The predicted octanol–water partition coefficient (Wildman–Crippen LogP) is 3.75. The second kappa shape index (κ2) is 6.77. The fraction of sp³-hybridized carbons (Fsp3) is 0.0952. The lowest BCUT2D eigenvalue weighted by Crippen LogP contribution is -2.29. The Morgan fingerprint density at radius 2 is 1.79 bits per heavy atom. The minimum atomic E-state index is -0.967. The Hall–Kier alpha value is -3.74. The second-order valence-corrected chi connectivity index (χ2v) is 6.38. The first-order chi connectivity index (χ1) is 13.5. The van der Waals surface area contributed by atoms with Crippen molar-refractivity contribution < 1.29 is 23.6 Å². The van der Waals surface area contributed by atoms with Crippen molar-refractivity contribution in [2.24, 2.45) is 0 Å². The fourth-order valence-electron chi connectivity index (χ4n) is 3.25. The monoisotopic (exact) mass is 378 g/mol. The van der Waals surface area contributed by atoms with Crippen LogP contribution in [0.5, 0.6) is 0 Å². The minimum absolute atomic E-state index is 0.0940. The number of aryl methyl sites for hydroxylation is 1. The van der Waals surface area contributed by atoms with Gasteiger partial charge in [0.15, 0.2) is 5.82 Å². The summed E-state index contributed by atoms with van der Waals surface area (Å²) in [6.07, 6.45) is 0. The summed E-state index contributed by atoms with van der Waals surface area (Å²) < 4.78 is 18.5. The van der Waals surface area contributed by atoms with Gasteiger partial charge in [-0.1, -0.05) is 47.6 Å². The number of amides is 1. The Balaban J connectivity index is 1.94. The van der Waals surface area contributed by atoms with Crippen LogP contribution in [0.3, 0.4) is 0 Å². The molecule has 6 nitrogen and oxygen atoms in total. The van der Waals surface area contributed by atoms with E-state index in [0.29, 0.717) is 16.9 Å². The van der Waals surface area contributed by atoms with Gasteiger partial charge in [-0.15, -0.1) is 0 Å². The highest BCUT2D eigenvalue weighted by molar-refractivity contribution is 6.51. The van der Waals surface area contributed by atoms with Gasteiger partial charge in [0.05, 0.1) is 11.6 Å². The van der Waals surface area contributed by atoms with Gasteiger partial charge in [-0.3, -0.25) is 14.5 Å². The summed E-state index contributed by atoms with van der Waals surface area (Å²) >= 11 is 0. The Kier molecular flexibility index (Phi) is 4.27. The first-order valence-electron chi connectivity index (χ1n) is 8.52. The van der Waals surface area contributed by atoms with Crippen molar-refractivity contribution in [2.75, 3.05) is 4.90 Å². The largest absolute Gasteiger partial charge is 0.507 e. The maximum atomic E-state index is 13.4. The summed E-state index contributed by atoms with van der Waals surface area (Å²) in [6.45, 7) is 1.66. The first kappa shape index (κ1) is 17.7. The molecule has 0 unspecified atom stereocenters. The first-order valence-corrected chi connectivity index (χ1v) is 8.52. The molecule has 2 heterocycles. The number of aliphatic hydroxyl groups excluding tert-OH is 1. The van der Waals surface area contributed by atoms with Crippen molar-refractivity contribution in [3.8, 4) is 0 Å². The van der Waals surface area contributed by atoms with Crippen LogP contribution >= 0.6 is 0 Å². The van der Waals surface area contributed by atoms with Crippen LogP contribution in [0.15, 0.2) is 70.8 Å². The summed E-state index contributed by atoms with van der Waals surface area (Å²) in [6, 6.07) is 14.4. The molecule has 4 rings (SSSR count). The van der Waals surface area contributed by atoms with E-state index in [1.165, 1.54) is 30.3 Å². The molecule has 1 aliphatic heterocycles. The van der Waals surface area contributed by atoms with E-state index in [2.05, 4.69) is 5.16 Å². The average Bonchev–Trinajstić information content (AvgIpc) is 3.24. The van der Waals surface area contributed by atoms with Gasteiger partial charge < -0.3 is 9.63 Å². The average molecular weight is 378 g/mol. The van der Waals surface area contributed by atoms with E-state index in [9.17, 15) is 19.1 Å². The smallest absolute Gasteiger partial charge is 0.301 e. The van der Waals surface area contributed by atoms with E-state index in [-0.39, 0.29) is 17.2 Å². The molecule has 2 aromatic carbocycles. The van der Waals surface area contributed by atoms with Gasteiger partial charge in [-0.2, -0.15) is 0 Å². The Morgan fingerprint density at radius 3 is 2.39 bits per heavy atom. The van der Waals surface area contributed by atoms with Crippen LogP contribution in [0.1, 0.15) is 22.9 Å². The van der Waals surface area contributed by atoms with Crippen molar-refractivity contribution in [3.63, 3.8) is 0 Å². The molecule has 1 N–H and O–H groups in total. The number of rotatable bonds is 3. The van der Waals surface area contributed by atoms with Crippen LogP contribution in [0.2, 0.25) is 0 Å². The molecule has 0 bridgehead atoms. The fourth-order valence-corrected chi connectivity index (χ4v) is 3.25. The molecule has 1 aromatic heterocycles. The standard InChI is InChI=1S/C21H15FN2O4/c1-12-11-16(23-28-12)24-18(13-7-9-15(22)10-8-13)17(20(26)21(24)27)19(25)14-5-3-2-4-6-14/h2-11,18,25H,1H3/b19-17+/t18-/m0/s1. The van der Waals surface area contributed by atoms with Crippen LogP contribution < -0.4 is 4.90 Å². The molecule has 1 amide bonds. The number of aromatic nitrogens is 1. The number of benzene rings is 2. The third-order valence-electron chi connectivity index (χ3n) is 4.54. The van der Waals surface area contributed by atoms with Gasteiger partial charge in [-0.05, 0) is 24.6 Å². The van der Waals surface area contributed by atoms with Crippen LogP contribution in [0, 0.1) is 12.7 Å². The number of aliphatic hydroxyl groups is 1. The Morgan fingerprint density at radius 1 is 1.11 bits per heavy atom. The third-order valence-corrected chi connectivity index (χ3v) is 4.54. The normalized spacial score (nSPS) is 18.6. The summed E-state index contributed by atoms with van der Waals surface area (Å²) in [5, 5.41) is 14.7. The van der Waals surface area contributed by atoms with Gasteiger partial charge in [-0.25, -0.2) is 4.39 Å². The van der Waals surface area contributed by atoms with E-state index in [0.717, 1.165) is 4.90 Å². The van der Waals surface area contributed by atoms with Gasteiger partial charge >= 0.3 is 5.91 Å². The van der Waals surface area contributed by atoms with Crippen LogP contribution in [-0.4, -0.2) is 22.0 Å². The van der Waals surface area contributed by atoms with E-state index in [1.54, 1.807) is 37.3 Å². The van der Waals surface area contributed by atoms with Crippen LogP contribution in [0.25, 0.3) is 5.76 Å². The van der Waals surface area contributed by atoms with E-state index >= 15 is 0 Å². The number of nitrogens with zero attached hydrogens (tertiary/aromatic N) is 2. The molecular formula is C21H15FN2O4. The maximum absolute atomic E-state index is 13.4. The lowest BCUT2D eigenvalue weighted by Gasteiger charge is -2.22. The Bertz CT molecular complexity index is 1090. The Labute approximate surface area is 159 Å². The summed E-state index contributed by atoms with van der Waals surface area (Å²) in [5.41, 5.74) is 0.756. The number of Topliss-reactive ketones (excluding diaryl/α,β-unsaturated/α-hetero) is 1. The quantitative estimate of drug-likeness (QED) is 0.426. The van der Waals surface area contributed by atoms with E-state index in [1.807, 2.05) is 0 Å². The molecule has 0 spiro atoms. The molecule has 28 heavy (non-hydrogen) atoms. The number of anilines is 1. The number of hydrogen-bond donors (Lipinski definition) is 1.